The van der Waals surface area contributed by atoms with Crippen LogP contribution in [0.15, 0.2) is 24.3 Å². The van der Waals surface area contributed by atoms with Gasteiger partial charge in [-0.1, -0.05) is 29.8 Å². The molecule has 0 radical (unpaired) electrons. The topological polar surface area (TPSA) is 38.5 Å². The molecule has 94 valence electrons. The number of ether oxygens (including phenoxy) is 1. The van der Waals surface area contributed by atoms with Crippen molar-refractivity contribution in [2.45, 2.75) is 12.6 Å². The highest BCUT2D eigenvalue weighted by Crippen LogP contribution is 2.18. The van der Waals surface area contributed by atoms with Crippen LogP contribution in [0.5, 0.6) is 0 Å². The Bertz CT molecular complexity index is 372. The van der Waals surface area contributed by atoms with Crippen LogP contribution in [0.2, 0.25) is 5.02 Å². The van der Waals surface area contributed by atoms with E-state index in [-0.39, 0.29) is 6.04 Å². The second-order valence-corrected chi connectivity index (χ2v) is 5.16. The fourth-order valence-corrected chi connectivity index (χ4v) is 2.38. The van der Waals surface area contributed by atoms with E-state index in [2.05, 4.69) is 18.0 Å². The van der Waals surface area contributed by atoms with Gasteiger partial charge in [0.1, 0.15) is 0 Å². The molecule has 3 nitrogen and oxygen atoms in total. The van der Waals surface area contributed by atoms with Crippen LogP contribution in [0, 0.1) is 5.92 Å². The molecule has 0 aliphatic carbocycles. The van der Waals surface area contributed by atoms with Crippen molar-refractivity contribution in [3.63, 3.8) is 0 Å². The molecule has 1 aromatic rings. The van der Waals surface area contributed by atoms with Crippen LogP contribution in [0.3, 0.4) is 0 Å². The third-order valence-electron chi connectivity index (χ3n) is 3.19. The fourth-order valence-electron chi connectivity index (χ4n) is 2.19. The first-order chi connectivity index (χ1) is 8.16. The highest BCUT2D eigenvalue weighted by atomic mass is 35.5. The van der Waals surface area contributed by atoms with Crippen LogP contribution < -0.4 is 5.73 Å². The van der Waals surface area contributed by atoms with Gasteiger partial charge in [0.2, 0.25) is 0 Å². The minimum absolute atomic E-state index is 0.170. The number of benzene rings is 1. The average molecular weight is 255 g/mol. The molecule has 0 bridgehead atoms. The van der Waals surface area contributed by atoms with Gasteiger partial charge >= 0.3 is 0 Å². The molecule has 2 N–H and O–H groups in total. The zero-order valence-corrected chi connectivity index (χ0v) is 10.9. The van der Waals surface area contributed by atoms with Crippen molar-refractivity contribution < 1.29 is 4.74 Å². The van der Waals surface area contributed by atoms with E-state index < -0.39 is 0 Å². The predicted molar refractivity (Wildman–Crippen MR) is 70.1 cm³/mol. The Morgan fingerprint density at radius 2 is 2.18 bits per heavy atom. The molecule has 17 heavy (non-hydrogen) atoms. The van der Waals surface area contributed by atoms with Crippen molar-refractivity contribution in [3.05, 3.63) is 34.9 Å². The van der Waals surface area contributed by atoms with Crippen LogP contribution >= 0.6 is 11.6 Å². The number of nitrogens with two attached hydrogens (primary N) is 1. The van der Waals surface area contributed by atoms with Gasteiger partial charge in [0.25, 0.3) is 0 Å². The van der Waals surface area contributed by atoms with Gasteiger partial charge in [0.05, 0.1) is 13.2 Å². The second-order valence-electron chi connectivity index (χ2n) is 4.75. The SMILES string of the molecule is CN(Cc1ccccc1Cl)CC1COCC1N. The summed E-state index contributed by atoms with van der Waals surface area (Å²) in [6, 6.07) is 8.12. The lowest BCUT2D eigenvalue weighted by molar-refractivity contribution is 0.172. The molecule has 4 heteroatoms. The Balaban J connectivity index is 1.89. The quantitative estimate of drug-likeness (QED) is 0.890. The highest BCUT2D eigenvalue weighted by Gasteiger charge is 2.25. The smallest absolute Gasteiger partial charge is 0.0621 e. The molecule has 0 spiro atoms. The summed E-state index contributed by atoms with van der Waals surface area (Å²) < 4.78 is 5.37. The van der Waals surface area contributed by atoms with Crippen LogP contribution in [0.4, 0.5) is 0 Å². The Labute approximate surface area is 107 Å². The maximum absolute atomic E-state index is 6.14. The van der Waals surface area contributed by atoms with E-state index >= 15 is 0 Å². The van der Waals surface area contributed by atoms with Crippen molar-refractivity contribution in [1.29, 1.82) is 0 Å². The molecule has 1 aliphatic rings. The molecular formula is C13H19ClN2O. The van der Waals surface area contributed by atoms with E-state index in [0.29, 0.717) is 12.5 Å². The molecule has 2 unspecified atom stereocenters. The number of rotatable bonds is 4. The molecule has 0 aromatic heterocycles. The minimum Gasteiger partial charge on any atom is -0.379 e. The zero-order valence-electron chi connectivity index (χ0n) is 10.1. The minimum atomic E-state index is 0.170. The lowest BCUT2D eigenvalue weighted by atomic mass is 10.0. The molecule has 2 atom stereocenters. The third kappa shape index (κ3) is 3.42. The summed E-state index contributed by atoms with van der Waals surface area (Å²) in [5, 5.41) is 0.825. The number of halogens is 1. The van der Waals surface area contributed by atoms with Crippen molar-refractivity contribution in [2.24, 2.45) is 11.7 Å². The summed E-state index contributed by atoms with van der Waals surface area (Å²) in [4.78, 5) is 2.25. The molecule has 1 aromatic carbocycles. The molecule has 0 amide bonds. The van der Waals surface area contributed by atoms with E-state index in [9.17, 15) is 0 Å². The first-order valence-corrected chi connectivity index (χ1v) is 6.30. The van der Waals surface area contributed by atoms with Gasteiger partial charge in [-0.2, -0.15) is 0 Å². The number of hydrogen-bond acceptors (Lipinski definition) is 3. The standard InChI is InChI=1S/C13H19ClN2O/c1-16(7-11-8-17-9-13(11)15)6-10-4-2-3-5-12(10)14/h2-5,11,13H,6-9,15H2,1H3. The molecule has 1 aliphatic heterocycles. The molecule has 1 saturated heterocycles. The lowest BCUT2D eigenvalue weighted by Crippen LogP contribution is -2.36. The first-order valence-electron chi connectivity index (χ1n) is 5.92. The third-order valence-corrected chi connectivity index (χ3v) is 3.56. The summed E-state index contributed by atoms with van der Waals surface area (Å²) in [5.74, 6) is 0.433. The van der Waals surface area contributed by atoms with Crippen LogP contribution in [0.1, 0.15) is 5.56 Å². The van der Waals surface area contributed by atoms with Crippen LogP contribution in [0.25, 0.3) is 0 Å². The summed E-state index contributed by atoms with van der Waals surface area (Å²) in [5.41, 5.74) is 7.13. The van der Waals surface area contributed by atoms with Gasteiger partial charge in [0.15, 0.2) is 0 Å². The molecule has 2 rings (SSSR count). The Hall–Kier alpha value is -0.610. The van der Waals surface area contributed by atoms with Gasteiger partial charge in [-0.05, 0) is 18.7 Å². The molecular weight excluding hydrogens is 236 g/mol. The normalized spacial score (nSPS) is 24.5. The van der Waals surface area contributed by atoms with E-state index in [1.165, 1.54) is 0 Å². The summed E-state index contributed by atoms with van der Waals surface area (Å²) >= 11 is 6.14. The van der Waals surface area contributed by atoms with E-state index in [1.54, 1.807) is 0 Å². The molecule has 1 heterocycles. The second kappa shape index (κ2) is 5.83. The maximum atomic E-state index is 6.14. The van der Waals surface area contributed by atoms with Gasteiger partial charge in [-0.15, -0.1) is 0 Å². The van der Waals surface area contributed by atoms with Crippen molar-refractivity contribution in [2.75, 3.05) is 26.8 Å². The van der Waals surface area contributed by atoms with Crippen LogP contribution in [-0.2, 0) is 11.3 Å². The lowest BCUT2D eigenvalue weighted by Gasteiger charge is -2.22. The number of nitrogens with zero attached hydrogens (tertiary/aromatic N) is 1. The van der Waals surface area contributed by atoms with E-state index in [1.807, 2.05) is 18.2 Å². The monoisotopic (exact) mass is 254 g/mol. The Morgan fingerprint density at radius 1 is 1.41 bits per heavy atom. The van der Waals surface area contributed by atoms with Crippen molar-refractivity contribution in [3.8, 4) is 0 Å². The molecule has 1 fully saturated rings. The van der Waals surface area contributed by atoms with Crippen LogP contribution in [-0.4, -0.2) is 37.7 Å². The Morgan fingerprint density at radius 3 is 2.82 bits per heavy atom. The van der Waals surface area contributed by atoms with E-state index in [4.69, 9.17) is 22.1 Å². The van der Waals surface area contributed by atoms with Gasteiger partial charge in [-0.3, -0.25) is 0 Å². The summed E-state index contributed by atoms with van der Waals surface area (Å²) in [6.07, 6.45) is 0. The zero-order chi connectivity index (χ0) is 12.3. The molecule has 0 saturated carbocycles. The fraction of sp³-hybridized carbons (Fsp3) is 0.538. The maximum Gasteiger partial charge on any atom is 0.0621 e. The number of hydrogen-bond donors (Lipinski definition) is 1. The van der Waals surface area contributed by atoms with Gasteiger partial charge in [-0.25, -0.2) is 0 Å². The highest BCUT2D eigenvalue weighted by molar-refractivity contribution is 6.31. The summed E-state index contributed by atoms with van der Waals surface area (Å²) in [7, 11) is 2.09. The predicted octanol–water partition coefficient (Wildman–Crippen LogP) is 1.75. The van der Waals surface area contributed by atoms with Crippen molar-refractivity contribution >= 4 is 11.6 Å². The van der Waals surface area contributed by atoms with Gasteiger partial charge in [0, 0.05) is 30.1 Å². The largest absolute Gasteiger partial charge is 0.379 e. The Kier molecular flexibility index (Phi) is 4.40. The average Bonchev–Trinajstić information content (AvgIpc) is 2.68. The van der Waals surface area contributed by atoms with Crippen molar-refractivity contribution in [1.82, 2.24) is 4.90 Å². The first kappa shape index (κ1) is 12.8. The van der Waals surface area contributed by atoms with E-state index in [0.717, 1.165) is 30.3 Å². The van der Waals surface area contributed by atoms with Gasteiger partial charge < -0.3 is 15.4 Å². The summed E-state index contributed by atoms with van der Waals surface area (Å²) in [6.45, 7) is 3.26.